The summed E-state index contributed by atoms with van der Waals surface area (Å²) in [5.74, 6) is 2.85. The largest absolute Gasteiger partial charge is 0.455 e. The van der Waals surface area contributed by atoms with Gasteiger partial charge in [-0.15, -0.1) is 11.5 Å². The van der Waals surface area contributed by atoms with E-state index in [0.29, 0.717) is 12.5 Å². The molecule has 7 nitrogen and oxygen atoms in total. The molecule has 3 aromatic rings. The molecule has 1 fully saturated rings. The fourth-order valence-electron chi connectivity index (χ4n) is 2.96. The van der Waals surface area contributed by atoms with Gasteiger partial charge in [0.2, 0.25) is 0 Å². The van der Waals surface area contributed by atoms with Gasteiger partial charge in [-0.05, 0) is 51.2 Å². The lowest BCUT2D eigenvalue weighted by Gasteiger charge is -2.18. The lowest BCUT2D eigenvalue weighted by Crippen LogP contribution is -2.24. The molecule has 27 heavy (non-hydrogen) atoms. The normalized spacial score (nSPS) is 14.3. The molecule has 4 rings (SSSR count). The highest BCUT2D eigenvalue weighted by molar-refractivity contribution is 5.87. The van der Waals surface area contributed by atoms with E-state index in [0.717, 1.165) is 16.9 Å². The summed E-state index contributed by atoms with van der Waals surface area (Å²) in [5, 5.41) is 7.91. The molecule has 3 heterocycles. The summed E-state index contributed by atoms with van der Waals surface area (Å²) in [5.41, 5.74) is 3.19. The molecule has 0 aromatic carbocycles. The highest BCUT2D eigenvalue weighted by Gasteiger charge is 2.25. The summed E-state index contributed by atoms with van der Waals surface area (Å²) < 4.78 is 8.85. The number of hydrogen-bond donors (Lipinski definition) is 0. The number of rotatable bonds is 4. The second-order valence-electron chi connectivity index (χ2n) is 7.87. The van der Waals surface area contributed by atoms with Gasteiger partial charge in [0.05, 0.1) is 24.0 Å². The Morgan fingerprint density at radius 2 is 2.11 bits per heavy atom. The predicted molar refractivity (Wildman–Crippen MR) is 99.4 cm³/mol. The summed E-state index contributed by atoms with van der Waals surface area (Å²) in [6.07, 6.45) is 13.7. The fourth-order valence-corrected chi connectivity index (χ4v) is 2.96. The van der Waals surface area contributed by atoms with Crippen LogP contribution in [0.1, 0.15) is 66.8 Å². The van der Waals surface area contributed by atoms with E-state index in [9.17, 15) is 4.79 Å². The van der Waals surface area contributed by atoms with Gasteiger partial charge in [0, 0.05) is 12.4 Å². The molecule has 138 valence electrons. The van der Waals surface area contributed by atoms with Gasteiger partial charge in [-0.3, -0.25) is 0 Å². The number of esters is 1. The van der Waals surface area contributed by atoms with Crippen LogP contribution in [0.5, 0.6) is 0 Å². The number of hydrogen-bond acceptors (Lipinski definition) is 5. The molecule has 0 amide bonds. The van der Waals surface area contributed by atoms with E-state index in [-0.39, 0.29) is 5.69 Å². The lowest BCUT2D eigenvalue weighted by atomic mass is 10.1. The minimum atomic E-state index is -0.576. The van der Waals surface area contributed by atoms with E-state index in [1.807, 2.05) is 31.4 Å². The smallest absolute Gasteiger partial charge is 0.361 e. The maximum absolute atomic E-state index is 12.1. The zero-order valence-corrected chi connectivity index (χ0v) is 15.6. The molecule has 1 aliphatic carbocycles. The maximum atomic E-state index is 12.1. The van der Waals surface area contributed by atoms with E-state index < -0.39 is 11.6 Å². The van der Waals surface area contributed by atoms with Crippen LogP contribution in [0.15, 0.2) is 24.7 Å². The van der Waals surface area contributed by atoms with E-state index >= 15 is 0 Å². The Morgan fingerprint density at radius 1 is 1.33 bits per heavy atom. The number of nitrogens with zero attached hydrogens (tertiary/aromatic N) is 5. The number of fused-ring (bicyclic) bond motifs is 1. The molecule has 0 N–H and O–H groups in total. The van der Waals surface area contributed by atoms with Gasteiger partial charge in [-0.1, -0.05) is 11.1 Å². The van der Waals surface area contributed by atoms with Crippen molar-refractivity contribution in [2.75, 3.05) is 0 Å². The van der Waals surface area contributed by atoms with Crippen LogP contribution in [0, 0.1) is 12.3 Å². The van der Waals surface area contributed by atoms with Crippen molar-refractivity contribution in [3.63, 3.8) is 0 Å². The molecule has 1 aliphatic rings. The second kappa shape index (κ2) is 6.23. The molecule has 3 aromatic heterocycles. The van der Waals surface area contributed by atoms with Crippen LogP contribution < -0.4 is 0 Å². The Balaban J connectivity index is 1.57. The summed E-state index contributed by atoms with van der Waals surface area (Å²) >= 11 is 0. The van der Waals surface area contributed by atoms with Crippen LogP contribution in [0.4, 0.5) is 0 Å². The summed E-state index contributed by atoms with van der Waals surface area (Å²) in [4.78, 5) is 16.7. The first kappa shape index (κ1) is 17.3. The number of terminal acetylenes is 1. The molecule has 0 radical (unpaired) electrons. The summed E-state index contributed by atoms with van der Waals surface area (Å²) in [6.45, 7) is 5.82. The first-order valence-corrected chi connectivity index (χ1v) is 8.94. The van der Waals surface area contributed by atoms with Gasteiger partial charge < -0.3 is 9.14 Å². The standard InChI is InChI=1S/C20H21N5O2/c1-5-13-8-15(14-6-7-14)9-24-10-16(21-18(13)24)11-25-12-17(22-23-25)19(26)27-20(2,3)4/h1,8-10,12,14H,6-7,11H2,2-4H3. The van der Waals surface area contributed by atoms with Crippen molar-refractivity contribution >= 4 is 11.6 Å². The summed E-state index contributed by atoms with van der Waals surface area (Å²) in [7, 11) is 0. The average Bonchev–Trinajstić information content (AvgIpc) is 3.20. The Hall–Kier alpha value is -3.14. The van der Waals surface area contributed by atoms with Crippen LogP contribution in [-0.4, -0.2) is 35.9 Å². The van der Waals surface area contributed by atoms with Gasteiger partial charge in [-0.25, -0.2) is 14.5 Å². The van der Waals surface area contributed by atoms with Crippen molar-refractivity contribution in [3.05, 3.63) is 47.2 Å². The van der Waals surface area contributed by atoms with Gasteiger partial charge in [0.1, 0.15) is 5.60 Å². The molecule has 1 saturated carbocycles. The summed E-state index contributed by atoms with van der Waals surface area (Å²) in [6, 6.07) is 2.06. The van der Waals surface area contributed by atoms with Crippen molar-refractivity contribution in [1.29, 1.82) is 0 Å². The molecule has 0 aliphatic heterocycles. The first-order chi connectivity index (χ1) is 12.8. The molecule has 0 atom stereocenters. The Morgan fingerprint density at radius 3 is 2.78 bits per heavy atom. The van der Waals surface area contributed by atoms with Crippen LogP contribution >= 0.6 is 0 Å². The highest BCUT2D eigenvalue weighted by atomic mass is 16.6. The van der Waals surface area contributed by atoms with Crippen molar-refractivity contribution < 1.29 is 9.53 Å². The minimum absolute atomic E-state index is 0.175. The third-order valence-electron chi connectivity index (χ3n) is 4.30. The molecule has 0 bridgehead atoms. The zero-order valence-electron chi connectivity index (χ0n) is 15.6. The van der Waals surface area contributed by atoms with Crippen LogP contribution in [0.25, 0.3) is 5.65 Å². The monoisotopic (exact) mass is 363 g/mol. The maximum Gasteiger partial charge on any atom is 0.361 e. The van der Waals surface area contributed by atoms with E-state index in [2.05, 4.69) is 33.5 Å². The fraction of sp³-hybridized carbons (Fsp3) is 0.400. The molecular formula is C20H21N5O2. The van der Waals surface area contributed by atoms with Crippen molar-refractivity contribution in [2.45, 2.75) is 51.7 Å². The first-order valence-electron chi connectivity index (χ1n) is 8.94. The van der Waals surface area contributed by atoms with Crippen LogP contribution in [0.3, 0.4) is 0 Å². The van der Waals surface area contributed by atoms with Crippen LogP contribution in [-0.2, 0) is 11.3 Å². The minimum Gasteiger partial charge on any atom is -0.455 e. The van der Waals surface area contributed by atoms with Crippen molar-refractivity contribution in [1.82, 2.24) is 24.4 Å². The molecule has 7 heteroatoms. The number of carbonyl (C=O) groups is 1. The molecule has 0 unspecified atom stereocenters. The van der Waals surface area contributed by atoms with E-state index in [1.165, 1.54) is 18.4 Å². The number of aromatic nitrogens is 5. The molecular weight excluding hydrogens is 342 g/mol. The topological polar surface area (TPSA) is 74.3 Å². The number of carbonyl (C=O) groups excluding carboxylic acids is 1. The van der Waals surface area contributed by atoms with Gasteiger partial charge in [0.25, 0.3) is 0 Å². The highest BCUT2D eigenvalue weighted by Crippen LogP contribution is 2.40. The third-order valence-corrected chi connectivity index (χ3v) is 4.30. The van der Waals surface area contributed by atoms with E-state index in [4.69, 9.17) is 11.2 Å². The zero-order chi connectivity index (χ0) is 19.2. The lowest BCUT2D eigenvalue weighted by molar-refractivity contribution is 0.00627. The quantitative estimate of drug-likeness (QED) is 0.526. The van der Waals surface area contributed by atoms with Crippen molar-refractivity contribution in [3.8, 4) is 12.3 Å². The van der Waals surface area contributed by atoms with E-state index in [1.54, 1.807) is 10.9 Å². The predicted octanol–water partition coefficient (Wildman–Crippen LogP) is 2.79. The Kier molecular flexibility index (Phi) is 3.99. The molecule has 0 spiro atoms. The van der Waals surface area contributed by atoms with Crippen molar-refractivity contribution in [2.24, 2.45) is 0 Å². The van der Waals surface area contributed by atoms with Gasteiger partial charge in [-0.2, -0.15) is 0 Å². The third kappa shape index (κ3) is 3.70. The Bertz CT molecular complexity index is 1060. The van der Waals surface area contributed by atoms with Gasteiger partial charge >= 0.3 is 5.97 Å². The average molecular weight is 363 g/mol. The Labute approximate surface area is 157 Å². The molecule has 0 saturated heterocycles. The SMILES string of the molecule is C#Cc1cc(C2CC2)cn2cc(Cn3cc(C(=O)OC(C)(C)C)nn3)nc12. The van der Waals surface area contributed by atoms with Gasteiger partial charge in [0.15, 0.2) is 11.3 Å². The number of imidazole rings is 1. The number of pyridine rings is 1. The van der Waals surface area contributed by atoms with Crippen LogP contribution in [0.2, 0.25) is 0 Å². The second-order valence-corrected chi connectivity index (χ2v) is 7.87. The number of ether oxygens (including phenoxy) is 1.